The van der Waals surface area contributed by atoms with E-state index in [0.717, 1.165) is 0 Å². The highest BCUT2D eigenvalue weighted by Gasteiger charge is 2.39. The molecule has 1 aliphatic heterocycles. The molecule has 28 heavy (non-hydrogen) atoms. The number of para-hydroxylation sites is 1. The minimum Gasteiger partial charge on any atom is -0.494 e. The van der Waals surface area contributed by atoms with Gasteiger partial charge in [0.25, 0.3) is 0 Å². The van der Waals surface area contributed by atoms with Crippen molar-refractivity contribution in [3.05, 3.63) is 54.3 Å². The first-order valence-electron chi connectivity index (χ1n) is 9.02. The molecule has 0 bridgehead atoms. The fourth-order valence-electron chi connectivity index (χ4n) is 3.06. The van der Waals surface area contributed by atoms with Gasteiger partial charge in [0.15, 0.2) is 0 Å². The molecule has 1 fully saturated rings. The van der Waals surface area contributed by atoms with Gasteiger partial charge in [0.05, 0.1) is 18.4 Å². The van der Waals surface area contributed by atoms with Gasteiger partial charge in [0.1, 0.15) is 17.6 Å². The second-order valence-corrected chi connectivity index (χ2v) is 6.41. The summed E-state index contributed by atoms with van der Waals surface area (Å²) in [5.74, 6) is -0.321. The average molecular weight is 387 g/mol. The lowest BCUT2D eigenvalue weighted by Crippen LogP contribution is -2.45. The molecule has 0 spiro atoms. The first-order chi connectivity index (χ1) is 13.5. The van der Waals surface area contributed by atoms with Crippen LogP contribution >= 0.6 is 0 Å². The van der Waals surface area contributed by atoms with E-state index < -0.39 is 29.9 Å². The zero-order valence-electron chi connectivity index (χ0n) is 15.4. The number of ether oxygens (including phenoxy) is 1. The van der Waals surface area contributed by atoms with Crippen molar-refractivity contribution in [2.24, 2.45) is 0 Å². The number of amides is 3. The van der Waals surface area contributed by atoms with Gasteiger partial charge in [-0.2, -0.15) is 0 Å². The molecule has 2 aromatic rings. The van der Waals surface area contributed by atoms with Crippen LogP contribution < -0.4 is 15.4 Å². The average Bonchev–Trinajstić information content (AvgIpc) is 3.07. The Kier molecular flexibility index (Phi) is 6.10. The number of β-amino-alcohol motifs (C(OH)–C–C–N with tert-alkyl or cyclic N) is 1. The molecule has 3 amide bonds. The lowest BCUT2D eigenvalue weighted by molar-refractivity contribution is -0.119. The fraction of sp³-hybridized carbons (Fsp3) is 0.300. The maximum absolute atomic E-state index is 13.8. The van der Waals surface area contributed by atoms with E-state index in [-0.39, 0.29) is 18.7 Å². The van der Waals surface area contributed by atoms with Crippen molar-refractivity contribution in [3.63, 3.8) is 0 Å². The molecule has 3 rings (SSSR count). The van der Waals surface area contributed by atoms with E-state index in [4.69, 9.17) is 4.74 Å². The number of carbonyl (C=O) groups is 2. The smallest absolute Gasteiger partial charge is 0.322 e. The molecule has 2 aromatic carbocycles. The van der Waals surface area contributed by atoms with Crippen LogP contribution in [-0.4, -0.2) is 47.2 Å². The maximum Gasteiger partial charge on any atom is 0.322 e. The van der Waals surface area contributed by atoms with Crippen molar-refractivity contribution in [1.29, 1.82) is 0 Å². The van der Waals surface area contributed by atoms with Crippen LogP contribution in [0, 0.1) is 5.82 Å². The molecule has 0 aliphatic carbocycles. The first kappa shape index (κ1) is 19.6. The summed E-state index contributed by atoms with van der Waals surface area (Å²) < 4.78 is 19.1. The molecule has 0 radical (unpaired) electrons. The van der Waals surface area contributed by atoms with Crippen LogP contribution in [0.25, 0.3) is 0 Å². The largest absolute Gasteiger partial charge is 0.494 e. The van der Waals surface area contributed by atoms with Gasteiger partial charge < -0.3 is 25.4 Å². The number of anilines is 2. The quantitative estimate of drug-likeness (QED) is 0.736. The predicted molar refractivity (Wildman–Crippen MR) is 103 cm³/mol. The molecule has 7 nitrogen and oxygen atoms in total. The summed E-state index contributed by atoms with van der Waals surface area (Å²) in [5, 5.41) is 15.1. The van der Waals surface area contributed by atoms with Gasteiger partial charge in [0.2, 0.25) is 5.91 Å². The number of nitrogens with zero attached hydrogens (tertiary/aromatic N) is 1. The van der Waals surface area contributed by atoms with Crippen LogP contribution in [0.4, 0.5) is 20.6 Å². The summed E-state index contributed by atoms with van der Waals surface area (Å²) in [5.41, 5.74) is 0.559. The van der Waals surface area contributed by atoms with Gasteiger partial charge in [-0.1, -0.05) is 12.1 Å². The van der Waals surface area contributed by atoms with Crippen molar-refractivity contribution < 1.29 is 23.8 Å². The number of halogens is 1. The number of urea groups is 1. The Morgan fingerprint density at radius 1 is 1.18 bits per heavy atom. The topological polar surface area (TPSA) is 90.9 Å². The molecule has 3 N–H and O–H groups in total. The first-order valence-corrected chi connectivity index (χ1v) is 9.02. The SMILES string of the molecule is CCOc1ccc(NC(=O)[C@H]2C[C@@H](O)CN2C(=O)Nc2ccccc2F)cc1. The number of carbonyl (C=O) groups excluding carboxylic acids is 2. The molecule has 1 aliphatic rings. The molecule has 2 atom stereocenters. The number of likely N-dealkylation sites (tertiary alicyclic amines) is 1. The Labute approximate surface area is 162 Å². The highest BCUT2D eigenvalue weighted by atomic mass is 19.1. The molecular formula is C20H22FN3O4. The van der Waals surface area contributed by atoms with E-state index in [9.17, 15) is 19.1 Å². The van der Waals surface area contributed by atoms with Crippen LogP contribution in [0.1, 0.15) is 13.3 Å². The van der Waals surface area contributed by atoms with E-state index in [2.05, 4.69) is 10.6 Å². The predicted octanol–water partition coefficient (Wildman–Crippen LogP) is 2.83. The third-order valence-electron chi connectivity index (χ3n) is 4.39. The molecule has 0 aromatic heterocycles. The zero-order valence-corrected chi connectivity index (χ0v) is 15.4. The highest BCUT2D eigenvalue weighted by Crippen LogP contribution is 2.23. The Balaban J connectivity index is 1.67. The van der Waals surface area contributed by atoms with Gasteiger partial charge in [-0.3, -0.25) is 4.79 Å². The van der Waals surface area contributed by atoms with Gasteiger partial charge in [-0.05, 0) is 43.3 Å². The van der Waals surface area contributed by atoms with Crippen molar-refractivity contribution in [2.45, 2.75) is 25.5 Å². The number of hydrogen-bond acceptors (Lipinski definition) is 4. The number of hydrogen-bond donors (Lipinski definition) is 3. The number of rotatable bonds is 5. The summed E-state index contributed by atoms with van der Waals surface area (Å²) in [4.78, 5) is 26.4. The third kappa shape index (κ3) is 4.58. The number of aliphatic hydroxyl groups is 1. The lowest BCUT2D eigenvalue weighted by atomic mass is 10.2. The normalized spacial score (nSPS) is 18.6. The maximum atomic E-state index is 13.8. The molecule has 148 valence electrons. The van der Waals surface area contributed by atoms with Gasteiger partial charge in [-0.25, -0.2) is 9.18 Å². The lowest BCUT2D eigenvalue weighted by Gasteiger charge is -2.24. The van der Waals surface area contributed by atoms with Crippen LogP contribution in [0.3, 0.4) is 0 Å². The van der Waals surface area contributed by atoms with Crippen molar-refractivity contribution in [2.75, 3.05) is 23.8 Å². The number of aliphatic hydroxyl groups excluding tert-OH is 1. The Hall–Kier alpha value is -3.13. The highest BCUT2D eigenvalue weighted by molar-refractivity contribution is 5.99. The number of benzene rings is 2. The van der Waals surface area contributed by atoms with Gasteiger partial charge in [0, 0.05) is 18.7 Å². The molecular weight excluding hydrogens is 365 g/mol. The Morgan fingerprint density at radius 3 is 2.57 bits per heavy atom. The van der Waals surface area contributed by atoms with E-state index in [0.29, 0.717) is 18.0 Å². The van der Waals surface area contributed by atoms with E-state index in [1.54, 1.807) is 30.3 Å². The molecule has 1 saturated heterocycles. The Bertz CT molecular complexity index is 844. The minimum atomic E-state index is -0.867. The van der Waals surface area contributed by atoms with Crippen LogP contribution in [-0.2, 0) is 4.79 Å². The monoisotopic (exact) mass is 387 g/mol. The third-order valence-corrected chi connectivity index (χ3v) is 4.39. The van der Waals surface area contributed by atoms with Gasteiger partial charge >= 0.3 is 6.03 Å². The molecule has 8 heteroatoms. The zero-order chi connectivity index (χ0) is 20.1. The standard InChI is InChI=1S/C20H22FN3O4/c1-2-28-15-9-7-13(8-10-15)22-19(26)18-11-14(25)12-24(18)20(27)23-17-6-4-3-5-16(17)21/h3-10,14,18,25H,2,11-12H2,1H3,(H,22,26)(H,23,27)/t14-,18-/m1/s1. The van der Waals surface area contributed by atoms with E-state index in [1.165, 1.54) is 23.1 Å². The van der Waals surface area contributed by atoms with Gasteiger partial charge in [-0.15, -0.1) is 0 Å². The van der Waals surface area contributed by atoms with Crippen LogP contribution in [0.15, 0.2) is 48.5 Å². The Morgan fingerprint density at radius 2 is 1.89 bits per heavy atom. The van der Waals surface area contributed by atoms with Crippen molar-refractivity contribution in [1.82, 2.24) is 4.90 Å². The fourth-order valence-corrected chi connectivity index (χ4v) is 3.06. The minimum absolute atomic E-state index is 0.0123. The van der Waals surface area contributed by atoms with Crippen LogP contribution in [0.2, 0.25) is 0 Å². The molecule has 1 heterocycles. The summed E-state index contributed by atoms with van der Waals surface area (Å²) >= 11 is 0. The summed E-state index contributed by atoms with van der Waals surface area (Å²) in [6, 6.07) is 11.1. The van der Waals surface area contributed by atoms with Crippen molar-refractivity contribution in [3.8, 4) is 5.75 Å². The summed E-state index contributed by atoms with van der Waals surface area (Å²) in [7, 11) is 0. The second-order valence-electron chi connectivity index (χ2n) is 6.41. The second kappa shape index (κ2) is 8.71. The van der Waals surface area contributed by atoms with Crippen LogP contribution in [0.5, 0.6) is 5.75 Å². The van der Waals surface area contributed by atoms with E-state index >= 15 is 0 Å². The van der Waals surface area contributed by atoms with Crippen molar-refractivity contribution >= 4 is 23.3 Å². The molecule has 0 saturated carbocycles. The summed E-state index contributed by atoms with van der Waals surface area (Å²) in [6.45, 7) is 2.40. The van der Waals surface area contributed by atoms with E-state index in [1.807, 2.05) is 6.92 Å². The molecule has 0 unspecified atom stereocenters. The summed E-state index contributed by atoms with van der Waals surface area (Å²) in [6.07, 6.45) is -0.726. The number of nitrogens with one attached hydrogen (secondary N) is 2.